The molecule has 0 aliphatic heterocycles. The second-order valence-electron chi connectivity index (χ2n) is 8.87. The number of halogens is 3. The summed E-state index contributed by atoms with van der Waals surface area (Å²) in [6.45, 7) is 2.46. The van der Waals surface area contributed by atoms with Crippen LogP contribution in [0.3, 0.4) is 0 Å². The van der Waals surface area contributed by atoms with Gasteiger partial charge in [-0.15, -0.1) is 0 Å². The second kappa shape index (κ2) is 11.9. The van der Waals surface area contributed by atoms with E-state index in [1.165, 1.54) is 13.0 Å². The summed E-state index contributed by atoms with van der Waals surface area (Å²) in [5.41, 5.74) is 6.66. The van der Waals surface area contributed by atoms with Gasteiger partial charge in [-0.05, 0) is 48.9 Å². The second-order valence-corrected chi connectivity index (χ2v) is 8.87. The monoisotopic (exact) mass is 557 g/mol. The summed E-state index contributed by atoms with van der Waals surface area (Å²) < 4.78 is 49.6. The van der Waals surface area contributed by atoms with Crippen LogP contribution in [0.2, 0.25) is 0 Å². The highest BCUT2D eigenvalue weighted by atomic mass is 19.2. The Kier molecular flexibility index (Phi) is 8.38. The number of primary amides is 1. The minimum atomic E-state index is -1.39. The predicted octanol–water partition coefficient (Wildman–Crippen LogP) is 4.15. The van der Waals surface area contributed by atoms with Gasteiger partial charge >= 0.3 is 6.09 Å². The van der Waals surface area contributed by atoms with E-state index in [0.717, 1.165) is 29.1 Å². The number of hydrogen-bond acceptors (Lipinski definition) is 7. The number of fused-ring (bicyclic) bond motifs is 1. The molecule has 0 unspecified atom stereocenters. The highest BCUT2D eigenvalue weighted by Gasteiger charge is 2.25. The summed E-state index contributed by atoms with van der Waals surface area (Å²) in [6, 6.07) is 7.05. The lowest BCUT2D eigenvalue weighted by Gasteiger charge is -2.27. The SMILES string of the molecule is COCCn1ncc2cc(Nc3nc(N[C@@H](c4ccc(F)c(F)c4)[C@H](C)NC(=O)O)c(F)cc3C(N)=O)ccc21. The molecule has 11 nitrogen and oxygen atoms in total. The summed E-state index contributed by atoms with van der Waals surface area (Å²) in [6.07, 6.45) is 0.266. The number of carbonyl (C=O) groups is 2. The molecular formula is C26H26F3N7O4. The number of anilines is 3. The normalized spacial score (nSPS) is 12.6. The van der Waals surface area contributed by atoms with Gasteiger partial charge < -0.3 is 31.5 Å². The Morgan fingerprint density at radius 3 is 2.52 bits per heavy atom. The van der Waals surface area contributed by atoms with Gasteiger partial charge in [0, 0.05) is 18.2 Å². The minimum Gasteiger partial charge on any atom is -0.465 e. The summed E-state index contributed by atoms with van der Waals surface area (Å²) in [4.78, 5) is 27.6. The summed E-state index contributed by atoms with van der Waals surface area (Å²) in [5, 5.41) is 22.2. The number of nitrogens with one attached hydrogen (secondary N) is 3. The Morgan fingerprint density at radius 2 is 1.85 bits per heavy atom. The molecule has 0 aliphatic carbocycles. The van der Waals surface area contributed by atoms with Crippen molar-refractivity contribution < 1.29 is 32.6 Å². The van der Waals surface area contributed by atoms with Gasteiger partial charge in [0.1, 0.15) is 5.82 Å². The third-order valence-electron chi connectivity index (χ3n) is 6.10. The number of ether oxygens (including phenoxy) is 1. The van der Waals surface area contributed by atoms with Crippen LogP contribution in [0.15, 0.2) is 48.7 Å². The van der Waals surface area contributed by atoms with Gasteiger partial charge in [0.05, 0.1) is 42.5 Å². The molecule has 2 aromatic heterocycles. The van der Waals surface area contributed by atoms with Gasteiger partial charge in [-0.3, -0.25) is 9.48 Å². The number of carbonyl (C=O) groups excluding carboxylic acids is 1. The quantitative estimate of drug-likeness (QED) is 0.184. The molecule has 2 atom stereocenters. The molecule has 0 fully saturated rings. The zero-order valence-corrected chi connectivity index (χ0v) is 21.4. The maximum absolute atomic E-state index is 15.1. The molecule has 0 saturated carbocycles. The van der Waals surface area contributed by atoms with E-state index in [4.69, 9.17) is 10.5 Å². The molecule has 2 aromatic carbocycles. The standard InChI is InChI=1S/C26H26F3N7O4/c1-13(32-26(38)39)22(14-3-5-18(27)19(28)10-14)34-25-20(29)11-17(23(30)37)24(35-25)33-16-4-6-21-15(9-16)12-31-36(21)7-8-40-2/h3-6,9-13,22,32H,7-8H2,1-2H3,(H2,30,37)(H,38,39)(H2,33,34,35)/t13-,22+/m0/s1. The van der Waals surface area contributed by atoms with Crippen molar-refractivity contribution in [2.75, 3.05) is 24.4 Å². The maximum Gasteiger partial charge on any atom is 0.404 e. The maximum atomic E-state index is 15.1. The van der Waals surface area contributed by atoms with Gasteiger partial charge in [-0.1, -0.05) is 6.07 Å². The third-order valence-corrected chi connectivity index (χ3v) is 6.10. The average Bonchev–Trinajstić information content (AvgIpc) is 3.30. The lowest BCUT2D eigenvalue weighted by molar-refractivity contribution is 0.1000. The van der Waals surface area contributed by atoms with E-state index >= 15 is 4.39 Å². The molecule has 14 heteroatoms. The zero-order chi connectivity index (χ0) is 29.0. The van der Waals surface area contributed by atoms with Crippen molar-refractivity contribution in [3.63, 3.8) is 0 Å². The van der Waals surface area contributed by atoms with Gasteiger partial charge in [0.25, 0.3) is 5.91 Å². The first-order valence-corrected chi connectivity index (χ1v) is 12.0. The van der Waals surface area contributed by atoms with Crippen molar-refractivity contribution in [3.8, 4) is 0 Å². The van der Waals surface area contributed by atoms with Crippen molar-refractivity contribution in [3.05, 3.63) is 77.2 Å². The number of hydrogen-bond donors (Lipinski definition) is 5. The van der Waals surface area contributed by atoms with Gasteiger partial charge in [0.2, 0.25) is 0 Å². The molecule has 0 radical (unpaired) electrons. The van der Waals surface area contributed by atoms with Crippen LogP contribution in [0.25, 0.3) is 10.9 Å². The Morgan fingerprint density at radius 1 is 1.07 bits per heavy atom. The first-order valence-electron chi connectivity index (χ1n) is 12.0. The van der Waals surface area contributed by atoms with E-state index in [9.17, 15) is 23.5 Å². The van der Waals surface area contributed by atoms with Crippen LogP contribution < -0.4 is 21.7 Å². The smallest absolute Gasteiger partial charge is 0.404 e. The van der Waals surface area contributed by atoms with Crippen LogP contribution in [0.4, 0.5) is 35.3 Å². The number of methoxy groups -OCH3 is 1. The predicted molar refractivity (Wildman–Crippen MR) is 141 cm³/mol. The number of amides is 2. The molecule has 0 bridgehead atoms. The molecular weight excluding hydrogens is 531 g/mol. The van der Waals surface area contributed by atoms with E-state index in [0.29, 0.717) is 18.8 Å². The topological polar surface area (TPSA) is 156 Å². The number of benzene rings is 2. The summed E-state index contributed by atoms with van der Waals surface area (Å²) in [5.74, 6) is -4.70. The van der Waals surface area contributed by atoms with E-state index in [-0.39, 0.29) is 16.9 Å². The van der Waals surface area contributed by atoms with Crippen LogP contribution in [0, 0.1) is 17.5 Å². The Bertz CT molecular complexity index is 1560. The van der Waals surface area contributed by atoms with E-state index in [1.807, 2.05) is 0 Å². The van der Waals surface area contributed by atoms with Crippen LogP contribution in [-0.2, 0) is 11.3 Å². The lowest BCUT2D eigenvalue weighted by atomic mass is 10.00. The van der Waals surface area contributed by atoms with Crippen molar-refractivity contribution in [2.45, 2.75) is 25.6 Å². The Labute approximate surface area is 226 Å². The van der Waals surface area contributed by atoms with E-state index < -0.39 is 47.4 Å². The Hall–Kier alpha value is -4.85. The molecule has 210 valence electrons. The fourth-order valence-electron chi connectivity index (χ4n) is 4.16. The molecule has 4 rings (SSSR count). The van der Waals surface area contributed by atoms with Gasteiger partial charge in [0.15, 0.2) is 23.3 Å². The third kappa shape index (κ3) is 6.23. The first-order chi connectivity index (χ1) is 19.1. The number of rotatable bonds is 11. The van der Waals surface area contributed by atoms with Gasteiger partial charge in [-0.25, -0.2) is 22.9 Å². The van der Waals surface area contributed by atoms with Crippen LogP contribution >= 0.6 is 0 Å². The number of nitrogens with zero attached hydrogens (tertiary/aromatic N) is 3. The molecule has 40 heavy (non-hydrogen) atoms. The molecule has 0 spiro atoms. The first kappa shape index (κ1) is 28.2. The number of nitrogens with two attached hydrogens (primary N) is 1. The van der Waals surface area contributed by atoms with Crippen molar-refractivity contribution in [1.29, 1.82) is 0 Å². The number of aromatic nitrogens is 3. The van der Waals surface area contributed by atoms with Crippen molar-refractivity contribution in [2.24, 2.45) is 5.73 Å². The molecule has 2 amide bonds. The van der Waals surface area contributed by atoms with E-state index in [1.54, 1.807) is 36.2 Å². The van der Waals surface area contributed by atoms with Gasteiger partial charge in [-0.2, -0.15) is 5.10 Å². The fourth-order valence-corrected chi connectivity index (χ4v) is 4.16. The molecule has 6 N–H and O–H groups in total. The van der Waals surface area contributed by atoms with Crippen molar-refractivity contribution >= 4 is 40.2 Å². The van der Waals surface area contributed by atoms with E-state index in [2.05, 4.69) is 26.0 Å². The minimum absolute atomic E-state index is 0.0922. The highest BCUT2D eigenvalue weighted by molar-refractivity contribution is 5.99. The average molecular weight is 558 g/mol. The largest absolute Gasteiger partial charge is 0.465 e. The molecule has 2 heterocycles. The summed E-state index contributed by atoms with van der Waals surface area (Å²) >= 11 is 0. The van der Waals surface area contributed by atoms with Crippen LogP contribution in [0.1, 0.15) is 28.9 Å². The lowest BCUT2D eigenvalue weighted by Crippen LogP contribution is -2.39. The Balaban J connectivity index is 1.70. The number of pyridine rings is 1. The summed E-state index contributed by atoms with van der Waals surface area (Å²) in [7, 11) is 1.59. The molecule has 0 saturated heterocycles. The number of carboxylic acid groups (broad SMARTS) is 1. The van der Waals surface area contributed by atoms with Crippen molar-refractivity contribution in [1.82, 2.24) is 20.1 Å². The zero-order valence-electron chi connectivity index (χ0n) is 21.4. The van der Waals surface area contributed by atoms with Crippen LogP contribution in [-0.4, -0.2) is 51.6 Å². The molecule has 4 aromatic rings. The van der Waals surface area contributed by atoms with Crippen LogP contribution in [0.5, 0.6) is 0 Å². The molecule has 0 aliphatic rings. The highest BCUT2D eigenvalue weighted by Crippen LogP contribution is 2.30. The fraction of sp³-hybridized carbons (Fsp3) is 0.231.